The number of aliphatic hydroxyl groups is 1. The van der Waals surface area contributed by atoms with Crippen molar-refractivity contribution in [3.05, 3.63) is 51.6 Å². The van der Waals surface area contributed by atoms with E-state index in [0.717, 1.165) is 0 Å². The number of carboxylic acid groups (broad SMARTS) is 2. The van der Waals surface area contributed by atoms with Gasteiger partial charge < -0.3 is 68.9 Å². The van der Waals surface area contributed by atoms with Crippen molar-refractivity contribution in [3.63, 3.8) is 0 Å². The third-order valence-corrected chi connectivity index (χ3v) is 12.2. The van der Waals surface area contributed by atoms with Crippen LogP contribution in [0.3, 0.4) is 0 Å². The zero-order valence-corrected chi connectivity index (χ0v) is 39.1. The number of likely N-dealkylation sites (N-methyl/N-ethyl adjacent to an activating group) is 2. The second-order valence-electron chi connectivity index (χ2n) is 15.5. The number of carbonyl (C=O) groups excluding carboxylic acids is 4. The first kappa shape index (κ1) is 52.9. The fourth-order valence-corrected chi connectivity index (χ4v) is 8.28. The molecule has 3 heterocycles. The maximum absolute atomic E-state index is 14.1. The molecule has 0 radical (unpaired) electrons. The number of phenolic OH excluding ortho intramolecular Hbond substituents is 2. The van der Waals surface area contributed by atoms with Crippen LogP contribution in [0.1, 0.15) is 68.8 Å². The Hall–Kier alpha value is -4.10. The predicted octanol–water partition coefficient (Wildman–Crippen LogP) is 2.76. The Labute approximate surface area is 397 Å². The van der Waals surface area contributed by atoms with Crippen LogP contribution in [0, 0.1) is 0 Å². The molecule has 3 saturated heterocycles. The van der Waals surface area contributed by atoms with Crippen molar-refractivity contribution in [2.24, 2.45) is 0 Å². The number of aromatic hydroxyl groups is 2. The highest BCUT2D eigenvalue weighted by atomic mass is 35.5. The van der Waals surface area contributed by atoms with Gasteiger partial charge in [0, 0.05) is 75.8 Å². The molecule has 2 aromatic carbocycles. The smallest absolute Gasteiger partial charge is 0.409 e. The molecule has 21 nitrogen and oxygen atoms in total. The molecular formula is C41H49Cl4N3O18. The number of carboxylic acids is 2. The van der Waals surface area contributed by atoms with Gasteiger partial charge in [-0.3, -0.25) is 19.3 Å². The number of hydrogen-bond donors (Lipinski definition) is 6. The fourth-order valence-electron chi connectivity index (χ4n) is 8.28. The van der Waals surface area contributed by atoms with Crippen molar-refractivity contribution in [2.45, 2.75) is 84.6 Å². The van der Waals surface area contributed by atoms with E-state index in [4.69, 9.17) is 89.8 Å². The number of nitrogens with one attached hydrogen (secondary N) is 1. The Bertz CT molecular complexity index is 2160. The first-order chi connectivity index (χ1) is 31.1. The summed E-state index contributed by atoms with van der Waals surface area (Å²) in [7, 11) is 6.09. The van der Waals surface area contributed by atoms with Crippen LogP contribution in [-0.2, 0) is 49.2 Å². The van der Waals surface area contributed by atoms with Gasteiger partial charge in [0.1, 0.15) is 29.0 Å². The lowest BCUT2D eigenvalue weighted by Crippen LogP contribution is -2.55. The molecule has 0 unspecified atom stereocenters. The number of morpholine rings is 1. The molecule has 25 heteroatoms. The van der Waals surface area contributed by atoms with Crippen LogP contribution in [0.15, 0.2) is 18.2 Å². The minimum atomic E-state index is -2.32. The van der Waals surface area contributed by atoms with Crippen molar-refractivity contribution in [3.8, 4) is 17.2 Å². The Kier molecular flexibility index (Phi) is 17.9. The molecule has 1 amide bonds. The highest BCUT2D eigenvalue weighted by Gasteiger charge is 2.55. The Morgan fingerprint density at radius 3 is 2.21 bits per heavy atom. The van der Waals surface area contributed by atoms with Crippen LogP contribution in [0.2, 0.25) is 0 Å². The zero-order valence-electron chi connectivity index (χ0n) is 36.0. The number of rotatable bonds is 12. The third-order valence-electron chi connectivity index (χ3n) is 11.4. The average molecular weight is 1010 g/mol. The molecular weight excluding hydrogens is 964 g/mol. The summed E-state index contributed by atoms with van der Waals surface area (Å²) in [4.78, 5) is 74.1. The molecule has 66 heavy (non-hydrogen) atoms. The highest BCUT2D eigenvalue weighted by molar-refractivity contribution is 6.53. The van der Waals surface area contributed by atoms with Crippen LogP contribution < -0.4 is 10.1 Å². The number of hydrogen-bond acceptors (Lipinski definition) is 18. The van der Waals surface area contributed by atoms with Crippen LogP contribution in [-0.4, -0.2) is 184 Å². The van der Waals surface area contributed by atoms with E-state index in [1.165, 1.54) is 44.4 Å². The van der Waals surface area contributed by atoms with Gasteiger partial charge >= 0.3 is 18.0 Å². The molecule has 0 saturated carbocycles. The molecule has 2 aliphatic carbocycles. The molecule has 3 fully saturated rings. The third kappa shape index (κ3) is 11.1. The quantitative estimate of drug-likeness (QED) is 0.112. The molecule has 6 N–H and O–H groups in total. The summed E-state index contributed by atoms with van der Waals surface area (Å²) >= 11 is 19.1. The van der Waals surface area contributed by atoms with Gasteiger partial charge in [0.15, 0.2) is 31.2 Å². The fraction of sp³-hybridized carbons (Fsp3) is 0.561. The van der Waals surface area contributed by atoms with E-state index in [-0.39, 0.29) is 46.6 Å². The number of carbonyl (C=O) groups is 6. The first-order valence-electron chi connectivity index (χ1n) is 20.2. The van der Waals surface area contributed by atoms with Crippen molar-refractivity contribution >= 4 is 81.8 Å². The molecule has 7 rings (SSSR count). The monoisotopic (exact) mass is 1010 g/mol. The summed E-state index contributed by atoms with van der Waals surface area (Å²) in [6.07, 6.45) is -5.94. The maximum atomic E-state index is 14.1. The number of ether oxygens (including phenoxy) is 7. The van der Waals surface area contributed by atoms with Gasteiger partial charge in [-0.05, 0) is 20.0 Å². The minimum Gasteiger partial charge on any atom is -0.507 e. The Morgan fingerprint density at radius 2 is 1.62 bits per heavy atom. The van der Waals surface area contributed by atoms with Crippen LogP contribution in [0.4, 0.5) is 4.79 Å². The second-order valence-corrected chi connectivity index (χ2v) is 17.7. The largest absolute Gasteiger partial charge is 0.507 e. The van der Waals surface area contributed by atoms with Crippen molar-refractivity contribution in [1.29, 1.82) is 0 Å². The number of alkyl halides is 4. The van der Waals surface area contributed by atoms with Crippen LogP contribution in [0.5, 0.6) is 17.2 Å². The van der Waals surface area contributed by atoms with Crippen LogP contribution in [0.25, 0.3) is 0 Å². The summed E-state index contributed by atoms with van der Waals surface area (Å²) in [6, 6.07) is 4.21. The number of ketones is 3. The number of fused-ring (bicyclic) bond motifs is 6. The number of methoxy groups -OCH3 is 2. The summed E-state index contributed by atoms with van der Waals surface area (Å²) in [5.74, 6) is -6.11. The summed E-state index contributed by atoms with van der Waals surface area (Å²) < 4.78 is 41.0. The lowest BCUT2D eigenvalue weighted by atomic mass is 9.72. The van der Waals surface area contributed by atoms with Crippen molar-refractivity contribution < 1.29 is 87.5 Å². The number of benzene rings is 2. The van der Waals surface area contributed by atoms with Gasteiger partial charge in [-0.2, -0.15) is 0 Å². The summed E-state index contributed by atoms with van der Waals surface area (Å²) in [5, 5.41) is 54.2. The Balaban J connectivity index is 0.000000603. The van der Waals surface area contributed by atoms with E-state index in [2.05, 4.69) is 10.2 Å². The van der Waals surface area contributed by atoms with E-state index in [1.807, 2.05) is 6.92 Å². The maximum Gasteiger partial charge on any atom is 0.409 e. The molecule has 3 aliphatic heterocycles. The molecule has 5 aliphatic rings. The molecule has 0 aromatic heterocycles. The number of halogens is 4. The SMILES string of the molecule is CNCCN(C)C(=O)OCC(=O)[C@]1(O)Cc2c(O)c3c(c(O)c2[C@@H](O[C@H]2C[C@H]4[C@H](O[C@@H]5[C@@H](OC)OCCN54)[C@H](C)O2)C1)C(=O)c1c(OC)cccc1C3=O.O=C(O)C(Cl)Cl.O=C(O)C(Cl)Cl. The van der Waals surface area contributed by atoms with E-state index in [9.17, 15) is 44.1 Å². The number of phenols is 2. The Morgan fingerprint density at radius 1 is 0.985 bits per heavy atom. The standard InChI is InChI=1S/C37H45N3O14.2C2H2Cl2O2/c1-17-33-20(40-11-12-50-35(49-5)34(40)54-33)13-24(52-17)53-22-15-37(47,23(41)16-51-36(46)39(3)10-9-38-2)14-19-26(22)32(45)28-27(30(19)43)29(42)18-7-6-8-21(48-4)25(18)31(28)44;2*3-1(4)2(5)6/h6-8,17,20,22,24,33-35,38,43,45,47H,9-16H2,1-5H3;2*1H,(H,5,6)/t17-,20-,22-,24-,33+,34+,35-,37-;;/m0../s1. The van der Waals surface area contributed by atoms with E-state index in [0.29, 0.717) is 26.2 Å². The topological polar surface area (TPSA) is 287 Å². The second kappa shape index (κ2) is 22.3. The van der Waals surface area contributed by atoms with Gasteiger partial charge in [0.2, 0.25) is 21.2 Å². The van der Waals surface area contributed by atoms with Gasteiger partial charge in [0.25, 0.3) is 0 Å². The average Bonchev–Trinajstić information content (AvgIpc) is 3.66. The van der Waals surface area contributed by atoms with Crippen LogP contribution >= 0.6 is 46.4 Å². The van der Waals surface area contributed by atoms with E-state index in [1.54, 1.807) is 7.05 Å². The summed E-state index contributed by atoms with van der Waals surface area (Å²) in [6.45, 7) is 2.72. The van der Waals surface area contributed by atoms with Crippen molar-refractivity contribution in [1.82, 2.24) is 15.1 Å². The van der Waals surface area contributed by atoms with Gasteiger partial charge in [0.05, 0.1) is 42.6 Å². The van der Waals surface area contributed by atoms with Gasteiger partial charge in [-0.15, -0.1) is 0 Å². The summed E-state index contributed by atoms with van der Waals surface area (Å²) in [5.41, 5.74) is -3.66. The minimum absolute atomic E-state index is 0.0548. The molecule has 0 spiro atoms. The molecule has 364 valence electrons. The van der Waals surface area contributed by atoms with Gasteiger partial charge in [-0.25, -0.2) is 14.4 Å². The first-order valence-corrected chi connectivity index (χ1v) is 21.9. The number of aliphatic carboxylic acids is 2. The molecule has 0 bridgehead atoms. The number of Topliss-reactive ketones (excluding diaryl/α,β-unsaturated/α-hetero) is 1. The highest BCUT2D eigenvalue weighted by Crippen LogP contribution is 2.53. The number of nitrogens with zero attached hydrogens (tertiary/aromatic N) is 2. The lowest BCUT2D eigenvalue weighted by molar-refractivity contribution is -0.256. The number of amides is 1. The normalized spacial score (nSPS) is 26.3. The van der Waals surface area contributed by atoms with Crippen molar-refractivity contribution in [2.75, 3.05) is 61.2 Å². The van der Waals surface area contributed by atoms with E-state index < -0.39 is 124 Å². The molecule has 8 atom stereocenters. The lowest BCUT2D eigenvalue weighted by Gasteiger charge is -2.43. The predicted molar refractivity (Wildman–Crippen MR) is 231 cm³/mol. The van der Waals surface area contributed by atoms with Gasteiger partial charge in [-0.1, -0.05) is 58.5 Å². The van der Waals surface area contributed by atoms with E-state index >= 15 is 0 Å². The molecule has 2 aromatic rings. The zero-order chi connectivity index (χ0) is 48.9.